The fraction of sp³-hybridized carbons (Fsp3) is 0.556. The Labute approximate surface area is 164 Å². The average molecular weight is 411 g/mol. The van der Waals surface area contributed by atoms with Crippen LogP contribution in [0.3, 0.4) is 0 Å². The molecule has 2 amide bonds. The first kappa shape index (κ1) is 20.7. The van der Waals surface area contributed by atoms with Gasteiger partial charge >= 0.3 is 6.18 Å². The van der Waals surface area contributed by atoms with Crippen LogP contribution in [0.1, 0.15) is 31.0 Å². The van der Waals surface area contributed by atoms with Gasteiger partial charge in [-0.2, -0.15) is 18.4 Å². The Morgan fingerprint density at radius 1 is 1.34 bits per heavy atom. The van der Waals surface area contributed by atoms with Crippen LogP contribution in [0, 0.1) is 17.2 Å². The van der Waals surface area contributed by atoms with Gasteiger partial charge in [-0.1, -0.05) is 0 Å². The zero-order valence-corrected chi connectivity index (χ0v) is 15.4. The van der Waals surface area contributed by atoms with Crippen LogP contribution in [0.15, 0.2) is 16.9 Å². The summed E-state index contributed by atoms with van der Waals surface area (Å²) in [6.45, 7) is -0.840. The zero-order valence-electron chi connectivity index (χ0n) is 15.4. The Morgan fingerprint density at radius 3 is 2.72 bits per heavy atom. The van der Waals surface area contributed by atoms with Gasteiger partial charge in [0.1, 0.15) is 24.3 Å². The number of rotatable bonds is 6. The van der Waals surface area contributed by atoms with Crippen molar-refractivity contribution in [3.05, 3.63) is 28.2 Å². The fourth-order valence-electron chi connectivity index (χ4n) is 3.70. The fourth-order valence-corrected chi connectivity index (χ4v) is 3.70. The number of aromatic nitrogens is 1. The van der Waals surface area contributed by atoms with E-state index in [4.69, 9.17) is 0 Å². The van der Waals surface area contributed by atoms with E-state index < -0.39 is 36.3 Å². The van der Waals surface area contributed by atoms with Crippen molar-refractivity contribution < 1.29 is 22.8 Å². The number of amides is 2. The third-order valence-electron chi connectivity index (χ3n) is 5.12. The number of hydrogen-bond acceptors (Lipinski definition) is 5. The van der Waals surface area contributed by atoms with Crippen LogP contribution in [0.4, 0.5) is 18.9 Å². The molecule has 0 aliphatic carbocycles. The summed E-state index contributed by atoms with van der Waals surface area (Å²) in [4.78, 5) is 37.0. The number of carbonyl (C=O) groups excluding carboxylic acids is 2. The summed E-state index contributed by atoms with van der Waals surface area (Å²) in [5, 5.41) is 16.6. The van der Waals surface area contributed by atoms with Crippen LogP contribution in [-0.4, -0.2) is 41.7 Å². The molecule has 0 spiro atoms. The summed E-state index contributed by atoms with van der Waals surface area (Å²) < 4.78 is 38.5. The molecule has 29 heavy (non-hydrogen) atoms. The predicted molar refractivity (Wildman–Crippen MR) is 95.9 cm³/mol. The molecular weight excluding hydrogens is 391 g/mol. The first-order chi connectivity index (χ1) is 13.7. The third-order valence-corrected chi connectivity index (χ3v) is 5.12. The quantitative estimate of drug-likeness (QED) is 0.642. The highest BCUT2D eigenvalue weighted by atomic mass is 19.4. The summed E-state index contributed by atoms with van der Waals surface area (Å²) >= 11 is 0. The van der Waals surface area contributed by atoms with Crippen LogP contribution >= 0.6 is 0 Å². The van der Waals surface area contributed by atoms with Gasteiger partial charge in [-0.3, -0.25) is 19.0 Å². The standard InChI is InChI=1S/C18H20F3N5O3/c19-18(20,21)9-24-13-3-1-12-2-4-14(26(12)17(13)29)16(28)25-11(8-22)7-10-5-6-23-15(10)27/h1,3,10-11,14,24H,2,4-7,9H2,(H,23,27)(H,25,28). The summed E-state index contributed by atoms with van der Waals surface area (Å²) in [7, 11) is 0. The highest BCUT2D eigenvalue weighted by molar-refractivity contribution is 5.82. The highest BCUT2D eigenvalue weighted by Crippen LogP contribution is 2.26. The van der Waals surface area contributed by atoms with Gasteiger partial charge < -0.3 is 16.0 Å². The van der Waals surface area contributed by atoms with Crippen molar-refractivity contribution in [2.75, 3.05) is 18.4 Å². The molecule has 0 radical (unpaired) electrons. The van der Waals surface area contributed by atoms with Crippen LogP contribution in [0.5, 0.6) is 0 Å². The van der Waals surface area contributed by atoms with Gasteiger partial charge in [0, 0.05) is 18.2 Å². The second-order valence-electron chi connectivity index (χ2n) is 7.14. The third kappa shape index (κ3) is 4.70. The molecule has 3 heterocycles. The molecule has 3 unspecified atom stereocenters. The van der Waals surface area contributed by atoms with Gasteiger partial charge in [0.25, 0.3) is 5.56 Å². The number of pyridine rings is 1. The molecule has 2 aliphatic rings. The monoisotopic (exact) mass is 411 g/mol. The summed E-state index contributed by atoms with van der Waals surface area (Å²) in [6.07, 6.45) is -3.04. The topological polar surface area (TPSA) is 116 Å². The molecule has 3 N–H and O–H groups in total. The van der Waals surface area contributed by atoms with Crippen molar-refractivity contribution in [2.45, 2.75) is 43.9 Å². The van der Waals surface area contributed by atoms with E-state index in [0.29, 0.717) is 31.5 Å². The molecule has 0 aromatic carbocycles. The first-order valence-electron chi connectivity index (χ1n) is 9.22. The van der Waals surface area contributed by atoms with E-state index >= 15 is 0 Å². The number of aryl methyl sites for hydroxylation is 1. The number of hydrogen-bond donors (Lipinski definition) is 3. The van der Waals surface area contributed by atoms with Crippen molar-refractivity contribution in [2.24, 2.45) is 5.92 Å². The molecule has 2 aliphatic heterocycles. The van der Waals surface area contributed by atoms with Crippen LogP contribution in [-0.2, 0) is 16.0 Å². The molecule has 1 saturated heterocycles. The molecule has 8 nitrogen and oxygen atoms in total. The Morgan fingerprint density at radius 2 is 2.10 bits per heavy atom. The Hall–Kier alpha value is -3.03. The van der Waals surface area contributed by atoms with Gasteiger partial charge in [-0.05, 0) is 37.8 Å². The molecule has 3 rings (SSSR count). The molecule has 0 saturated carbocycles. The smallest absolute Gasteiger partial charge is 0.372 e. The number of carbonyl (C=O) groups is 2. The Kier molecular flexibility index (Phi) is 5.81. The number of halogens is 3. The lowest BCUT2D eigenvalue weighted by molar-refractivity contribution is -0.126. The molecule has 1 fully saturated rings. The van der Waals surface area contributed by atoms with E-state index in [0.717, 1.165) is 0 Å². The number of nitriles is 1. The predicted octanol–water partition coefficient (Wildman–Crippen LogP) is 0.844. The van der Waals surface area contributed by atoms with Crippen molar-refractivity contribution >= 4 is 17.5 Å². The Balaban J connectivity index is 1.73. The van der Waals surface area contributed by atoms with Gasteiger partial charge in [-0.25, -0.2) is 0 Å². The minimum absolute atomic E-state index is 0.162. The molecule has 3 atom stereocenters. The minimum atomic E-state index is -4.49. The normalized spacial score (nSPS) is 21.8. The van der Waals surface area contributed by atoms with E-state index in [2.05, 4.69) is 16.0 Å². The molecule has 156 valence electrons. The van der Waals surface area contributed by atoms with Crippen LogP contribution in [0.2, 0.25) is 0 Å². The number of nitrogens with one attached hydrogen (secondary N) is 3. The van der Waals surface area contributed by atoms with Gasteiger partial charge in [0.2, 0.25) is 11.8 Å². The number of anilines is 1. The molecule has 0 bridgehead atoms. The lowest BCUT2D eigenvalue weighted by atomic mass is 9.99. The lowest BCUT2D eigenvalue weighted by Gasteiger charge is -2.19. The number of alkyl halides is 3. The summed E-state index contributed by atoms with van der Waals surface area (Å²) in [5.41, 5.74) is -0.422. The van der Waals surface area contributed by atoms with Crippen molar-refractivity contribution in [1.82, 2.24) is 15.2 Å². The van der Waals surface area contributed by atoms with Gasteiger partial charge in [0.15, 0.2) is 0 Å². The average Bonchev–Trinajstić information content (AvgIpc) is 3.26. The van der Waals surface area contributed by atoms with E-state index in [1.165, 1.54) is 16.7 Å². The SMILES string of the molecule is N#CC(CC1CCNC1=O)NC(=O)C1CCc2ccc(NCC(F)(F)F)c(=O)n21. The van der Waals surface area contributed by atoms with Gasteiger partial charge in [0.05, 0.1) is 6.07 Å². The zero-order chi connectivity index (χ0) is 21.2. The maximum Gasteiger partial charge on any atom is 0.405 e. The highest BCUT2D eigenvalue weighted by Gasteiger charge is 2.34. The van der Waals surface area contributed by atoms with Crippen LogP contribution < -0.4 is 21.5 Å². The van der Waals surface area contributed by atoms with E-state index in [1.54, 1.807) is 0 Å². The summed E-state index contributed by atoms with van der Waals surface area (Å²) in [6, 6.07) is 2.92. The van der Waals surface area contributed by atoms with E-state index in [1.807, 2.05) is 6.07 Å². The van der Waals surface area contributed by atoms with Crippen molar-refractivity contribution in [3.8, 4) is 6.07 Å². The van der Waals surface area contributed by atoms with Crippen molar-refractivity contribution in [3.63, 3.8) is 0 Å². The maximum atomic E-state index is 12.7. The lowest BCUT2D eigenvalue weighted by Crippen LogP contribution is -2.42. The van der Waals surface area contributed by atoms with E-state index in [-0.39, 0.29) is 23.9 Å². The first-order valence-corrected chi connectivity index (χ1v) is 9.22. The number of fused-ring (bicyclic) bond motifs is 1. The second-order valence-corrected chi connectivity index (χ2v) is 7.14. The number of nitrogens with zero attached hydrogens (tertiary/aromatic N) is 2. The molecular formula is C18H20F3N5O3. The van der Waals surface area contributed by atoms with Gasteiger partial charge in [-0.15, -0.1) is 0 Å². The van der Waals surface area contributed by atoms with Crippen molar-refractivity contribution in [1.29, 1.82) is 5.26 Å². The molecule has 11 heteroatoms. The van der Waals surface area contributed by atoms with E-state index in [9.17, 15) is 32.8 Å². The minimum Gasteiger partial charge on any atom is -0.372 e. The molecule has 1 aromatic heterocycles. The summed E-state index contributed by atoms with van der Waals surface area (Å²) in [5.74, 6) is -1.09. The largest absolute Gasteiger partial charge is 0.405 e. The Bertz CT molecular complexity index is 905. The maximum absolute atomic E-state index is 12.7. The van der Waals surface area contributed by atoms with Crippen LogP contribution in [0.25, 0.3) is 0 Å². The molecule has 1 aromatic rings. The second kappa shape index (κ2) is 8.14.